The first-order valence-corrected chi connectivity index (χ1v) is 11.6. The predicted octanol–water partition coefficient (Wildman–Crippen LogP) is 4.00. The summed E-state index contributed by atoms with van der Waals surface area (Å²) in [6.45, 7) is -0.0169. The molecule has 0 spiro atoms. The van der Waals surface area contributed by atoms with Crippen molar-refractivity contribution in [1.29, 1.82) is 0 Å². The van der Waals surface area contributed by atoms with Gasteiger partial charge in [-0.3, -0.25) is 9.78 Å². The van der Waals surface area contributed by atoms with E-state index < -0.39 is 15.9 Å². The van der Waals surface area contributed by atoms with Gasteiger partial charge in [0.05, 0.1) is 11.4 Å². The van der Waals surface area contributed by atoms with Crippen LogP contribution in [0.25, 0.3) is 0 Å². The number of amides is 1. The minimum Gasteiger partial charge on any atom is -0.351 e. The van der Waals surface area contributed by atoms with Gasteiger partial charge in [-0.05, 0) is 53.6 Å². The second-order valence-electron chi connectivity index (χ2n) is 6.49. The molecule has 6 nitrogen and oxygen atoms in total. The van der Waals surface area contributed by atoms with Gasteiger partial charge in [-0.25, -0.2) is 8.42 Å². The fraction of sp³-hybridized carbons (Fsp3) is 0.143. The fourth-order valence-corrected chi connectivity index (χ4v) is 4.47. The quantitative estimate of drug-likeness (QED) is 0.499. The second kappa shape index (κ2) is 10.2. The van der Waals surface area contributed by atoms with Gasteiger partial charge in [0.25, 0.3) is 0 Å². The third-order valence-electron chi connectivity index (χ3n) is 4.26. The number of hydrogen-bond acceptors (Lipinski definition) is 4. The second-order valence-corrected chi connectivity index (χ2v) is 9.78. The average Bonchev–Trinajstić information content (AvgIpc) is 2.74. The zero-order valence-electron chi connectivity index (χ0n) is 15.8. The van der Waals surface area contributed by atoms with Gasteiger partial charge in [-0.15, -0.1) is 0 Å². The Labute approximate surface area is 189 Å². The first-order chi connectivity index (χ1) is 14.3. The van der Waals surface area contributed by atoms with Crippen LogP contribution in [0, 0.1) is 0 Å². The van der Waals surface area contributed by atoms with Gasteiger partial charge in [0.15, 0.2) is 0 Å². The Bertz CT molecular complexity index is 1090. The van der Waals surface area contributed by atoms with Crippen molar-refractivity contribution in [2.24, 2.45) is 0 Å². The van der Waals surface area contributed by atoms with Crippen LogP contribution in [0.1, 0.15) is 11.1 Å². The first-order valence-electron chi connectivity index (χ1n) is 9.00. The molecular weight excluding hydrogens is 490 g/mol. The van der Waals surface area contributed by atoms with Gasteiger partial charge in [-0.1, -0.05) is 45.7 Å². The summed E-state index contributed by atoms with van der Waals surface area (Å²) in [5.74, 6) is -0.409. The van der Waals surface area contributed by atoms with Crippen LogP contribution in [0.3, 0.4) is 0 Å². The minimum atomic E-state index is -3.90. The zero-order chi connectivity index (χ0) is 21.6. The standard InChI is InChI=1S/C21H19BrClN3O3S/c22-18-5-9-20(10-6-18)30(28,29)26(14-16-3-7-19(23)8-4-16)15-21(27)25-13-17-2-1-11-24-12-17/h1-12H,13-15H2,(H,25,27). The SMILES string of the molecule is O=C(CN(Cc1ccc(Cl)cc1)S(=O)(=O)c1ccc(Br)cc1)NCc1cccnc1. The van der Waals surface area contributed by atoms with E-state index in [-0.39, 0.29) is 24.5 Å². The molecule has 0 aliphatic rings. The number of nitrogens with zero attached hydrogens (tertiary/aromatic N) is 2. The Hall–Kier alpha value is -2.26. The van der Waals surface area contributed by atoms with Crippen LogP contribution in [0.4, 0.5) is 0 Å². The summed E-state index contributed by atoms with van der Waals surface area (Å²) in [6, 6.07) is 16.7. The van der Waals surface area contributed by atoms with Crippen LogP contribution in [-0.2, 0) is 27.9 Å². The highest BCUT2D eigenvalue weighted by Crippen LogP contribution is 2.21. The van der Waals surface area contributed by atoms with Gasteiger partial charge >= 0.3 is 0 Å². The molecule has 1 aromatic heterocycles. The third kappa shape index (κ3) is 6.12. The summed E-state index contributed by atoms with van der Waals surface area (Å²) >= 11 is 9.23. The first kappa shape index (κ1) is 22.4. The van der Waals surface area contributed by atoms with E-state index in [4.69, 9.17) is 11.6 Å². The third-order valence-corrected chi connectivity index (χ3v) is 6.84. The maximum atomic E-state index is 13.2. The van der Waals surface area contributed by atoms with Crippen molar-refractivity contribution in [3.63, 3.8) is 0 Å². The summed E-state index contributed by atoms with van der Waals surface area (Å²) < 4.78 is 28.4. The number of halogens is 2. The van der Waals surface area contributed by atoms with Gasteiger partial charge < -0.3 is 5.32 Å². The van der Waals surface area contributed by atoms with Crippen molar-refractivity contribution in [3.8, 4) is 0 Å². The number of benzene rings is 2. The van der Waals surface area contributed by atoms with Crippen LogP contribution in [0.2, 0.25) is 5.02 Å². The Morgan fingerprint density at radius 1 is 1.03 bits per heavy atom. The van der Waals surface area contributed by atoms with Crippen LogP contribution in [0.15, 0.2) is 82.4 Å². The summed E-state index contributed by atoms with van der Waals surface area (Å²) in [6.07, 6.45) is 3.29. The maximum absolute atomic E-state index is 13.2. The number of carbonyl (C=O) groups excluding carboxylic acids is 1. The van der Waals surface area contributed by atoms with Gasteiger partial charge in [0, 0.05) is 35.0 Å². The Balaban J connectivity index is 1.80. The molecule has 0 saturated carbocycles. The Morgan fingerprint density at radius 2 is 1.73 bits per heavy atom. The zero-order valence-corrected chi connectivity index (χ0v) is 19.0. The number of nitrogens with one attached hydrogen (secondary N) is 1. The molecule has 0 aliphatic heterocycles. The molecule has 3 aromatic rings. The van der Waals surface area contributed by atoms with Crippen molar-refractivity contribution < 1.29 is 13.2 Å². The molecule has 9 heteroatoms. The highest BCUT2D eigenvalue weighted by molar-refractivity contribution is 9.10. The lowest BCUT2D eigenvalue weighted by Crippen LogP contribution is -2.40. The topological polar surface area (TPSA) is 79.4 Å². The van der Waals surface area contributed by atoms with Gasteiger partial charge in [-0.2, -0.15) is 4.31 Å². The highest BCUT2D eigenvalue weighted by Gasteiger charge is 2.27. The van der Waals surface area contributed by atoms with Crippen molar-refractivity contribution in [3.05, 3.63) is 93.7 Å². The molecule has 156 valence electrons. The number of aromatic nitrogens is 1. The summed E-state index contributed by atoms with van der Waals surface area (Å²) in [5, 5.41) is 3.29. The van der Waals surface area contributed by atoms with E-state index in [1.807, 2.05) is 6.07 Å². The van der Waals surface area contributed by atoms with E-state index in [0.717, 1.165) is 19.9 Å². The molecule has 30 heavy (non-hydrogen) atoms. The fourth-order valence-electron chi connectivity index (χ4n) is 2.69. The molecule has 3 rings (SSSR count). The van der Waals surface area contributed by atoms with Crippen LogP contribution >= 0.6 is 27.5 Å². The van der Waals surface area contributed by atoms with E-state index in [0.29, 0.717) is 5.02 Å². The van der Waals surface area contributed by atoms with E-state index in [9.17, 15) is 13.2 Å². The van der Waals surface area contributed by atoms with Gasteiger partial charge in [0.1, 0.15) is 0 Å². The van der Waals surface area contributed by atoms with E-state index >= 15 is 0 Å². The van der Waals surface area contributed by atoms with E-state index in [1.165, 1.54) is 12.1 Å². The van der Waals surface area contributed by atoms with Crippen LogP contribution in [0.5, 0.6) is 0 Å². The lowest BCUT2D eigenvalue weighted by molar-refractivity contribution is -0.121. The van der Waals surface area contributed by atoms with Crippen molar-refractivity contribution in [2.45, 2.75) is 18.0 Å². The number of rotatable bonds is 8. The number of sulfonamides is 1. The van der Waals surface area contributed by atoms with Crippen LogP contribution in [-0.4, -0.2) is 30.2 Å². The molecule has 1 amide bonds. The minimum absolute atomic E-state index is 0.0376. The summed E-state index contributed by atoms with van der Waals surface area (Å²) in [4.78, 5) is 16.6. The molecule has 0 atom stereocenters. The Kier molecular flexibility index (Phi) is 7.60. The molecule has 0 bridgehead atoms. The molecule has 0 radical (unpaired) electrons. The lowest BCUT2D eigenvalue weighted by Gasteiger charge is -2.22. The summed E-state index contributed by atoms with van der Waals surface area (Å²) in [5.41, 5.74) is 1.55. The number of carbonyl (C=O) groups is 1. The van der Waals surface area contributed by atoms with Crippen molar-refractivity contribution in [2.75, 3.05) is 6.54 Å². The van der Waals surface area contributed by atoms with E-state index in [1.54, 1.807) is 54.9 Å². The number of hydrogen-bond donors (Lipinski definition) is 1. The highest BCUT2D eigenvalue weighted by atomic mass is 79.9. The molecule has 2 aromatic carbocycles. The smallest absolute Gasteiger partial charge is 0.243 e. The average molecular weight is 509 g/mol. The number of pyridine rings is 1. The maximum Gasteiger partial charge on any atom is 0.243 e. The van der Waals surface area contributed by atoms with Gasteiger partial charge in [0.2, 0.25) is 15.9 Å². The molecule has 0 aliphatic carbocycles. The summed E-state index contributed by atoms with van der Waals surface area (Å²) in [7, 11) is -3.90. The molecular formula is C21H19BrClN3O3S. The van der Waals surface area contributed by atoms with Crippen LogP contribution < -0.4 is 5.32 Å². The van der Waals surface area contributed by atoms with Crippen molar-refractivity contribution in [1.82, 2.24) is 14.6 Å². The monoisotopic (exact) mass is 507 g/mol. The molecule has 0 unspecified atom stereocenters. The normalized spacial score (nSPS) is 11.4. The molecule has 1 N–H and O–H groups in total. The molecule has 0 saturated heterocycles. The largest absolute Gasteiger partial charge is 0.351 e. The van der Waals surface area contributed by atoms with Crippen molar-refractivity contribution >= 4 is 43.5 Å². The molecule has 0 fully saturated rings. The van der Waals surface area contributed by atoms with E-state index in [2.05, 4.69) is 26.2 Å². The predicted molar refractivity (Wildman–Crippen MR) is 119 cm³/mol. The molecule has 1 heterocycles. The lowest BCUT2D eigenvalue weighted by atomic mass is 10.2. The Morgan fingerprint density at radius 3 is 2.37 bits per heavy atom.